The van der Waals surface area contributed by atoms with Gasteiger partial charge in [-0.1, -0.05) is 0 Å². The fourth-order valence-electron chi connectivity index (χ4n) is 1.20. The molecule has 6 nitrogen and oxygen atoms in total. The number of methoxy groups -OCH3 is 1. The molecule has 0 heterocycles. The summed E-state index contributed by atoms with van der Waals surface area (Å²) in [6, 6.07) is 6.12. The molecule has 0 aromatic heterocycles. The number of hydrogen-bond acceptors (Lipinski definition) is 6. The standard InChI is InChI=1S/C11H10N2O4S/c1-17-11(14)4-5-18-9-3-2-8(7-12)10(6-9)13(15)16/h2-3,6H,4-5H2,1H3. The topological polar surface area (TPSA) is 93.2 Å². The number of nitro benzene ring substituents is 1. The van der Waals surface area contributed by atoms with E-state index in [4.69, 9.17) is 5.26 Å². The highest BCUT2D eigenvalue weighted by molar-refractivity contribution is 7.99. The first-order valence-corrected chi connectivity index (χ1v) is 5.95. The van der Waals surface area contributed by atoms with E-state index in [1.54, 1.807) is 12.1 Å². The normalized spacial score (nSPS) is 9.56. The molecule has 1 aromatic carbocycles. The van der Waals surface area contributed by atoms with Crippen molar-refractivity contribution in [2.24, 2.45) is 0 Å². The lowest BCUT2D eigenvalue weighted by Gasteiger charge is -2.02. The molecule has 94 valence electrons. The van der Waals surface area contributed by atoms with Crippen LogP contribution in [0.1, 0.15) is 12.0 Å². The number of nitrogens with zero attached hydrogens (tertiary/aromatic N) is 2. The van der Waals surface area contributed by atoms with Gasteiger partial charge in [-0.15, -0.1) is 11.8 Å². The number of nitriles is 1. The molecular formula is C11H10N2O4S. The maximum atomic E-state index is 10.9. The summed E-state index contributed by atoms with van der Waals surface area (Å²) < 4.78 is 4.48. The van der Waals surface area contributed by atoms with Gasteiger partial charge < -0.3 is 4.74 Å². The number of esters is 1. The summed E-state index contributed by atoms with van der Waals surface area (Å²) >= 11 is 1.30. The molecule has 1 aromatic rings. The zero-order valence-electron chi connectivity index (χ0n) is 9.58. The molecule has 0 spiro atoms. The fourth-order valence-corrected chi connectivity index (χ4v) is 2.06. The first-order chi connectivity index (χ1) is 8.58. The highest BCUT2D eigenvalue weighted by atomic mass is 32.2. The molecule has 7 heteroatoms. The summed E-state index contributed by atoms with van der Waals surface area (Å²) in [6.45, 7) is 0. The van der Waals surface area contributed by atoms with Crippen molar-refractivity contribution in [3.05, 3.63) is 33.9 Å². The first-order valence-electron chi connectivity index (χ1n) is 4.96. The number of carbonyl (C=O) groups excluding carboxylic acids is 1. The zero-order chi connectivity index (χ0) is 13.5. The Hall–Kier alpha value is -2.07. The average molecular weight is 266 g/mol. The van der Waals surface area contributed by atoms with E-state index in [1.807, 2.05) is 0 Å². The number of carbonyl (C=O) groups is 1. The highest BCUT2D eigenvalue weighted by Gasteiger charge is 2.14. The van der Waals surface area contributed by atoms with Gasteiger partial charge in [0.25, 0.3) is 5.69 Å². The lowest BCUT2D eigenvalue weighted by atomic mass is 10.2. The molecule has 0 saturated heterocycles. The van der Waals surface area contributed by atoms with Gasteiger partial charge in [0.15, 0.2) is 0 Å². The van der Waals surface area contributed by atoms with Gasteiger partial charge >= 0.3 is 5.97 Å². The number of rotatable bonds is 5. The Balaban J connectivity index is 2.74. The van der Waals surface area contributed by atoms with E-state index in [0.29, 0.717) is 10.6 Å². The fraction of sp³-hybridized carbons (Fsp3) is 0.273. The zero-order valence-corrected chi connectivity index (χ0v) is 10.4. The molecule has 0 aliphatic carbocycles. The van der Waals surface area contributed by atoms with Crippen LogP contribution in [0.3, 0.4) is 0 Å². The van der Waals surface area contributed by atoms with E-state index >= 15 is 0 Å². The van der Waals surface area contributed by atoms with Crippen LogP contribution in [0.2, 0.25) is 0 Å². The summed E-state index contributed by atoms with van der Waals surface area (Å²) in [5.74, 6) is 0.140. The minimum Gasteiger partial charge on any atom is -0.469 e. The Morgan fingerprint density at radius 1 is 1.61 bits per heavy atom. The van der Waals surface area contributed by atoms with Crippen LogP contribution in [0.4, 0.5) is 5.69 Å². The SMILES string of the molecule is COC(=O)CCSc1ccc(C#N)c([N+](=O)[O-])c1. The van der Waals surface area contributed by atoms with Crippen LogP contribution in [0, 0.1) is 21.4 Å². The predicted octanol–water partition coefficient (Wildman–Crippen LogP) is 2.12. The van der Waals surface area contributed by atoms with Crippen molar-refractivity contribution in [1.29, 1.82) is 5.26 Å². The van der Waals surface area contributed by atoms with Gasteiger partial charge in [-0.25, -0.2) is 0 Å². The summed E-state index contributed by atoms with van der Waals surface area (Å²) in [4.78, 5) is 21.7. The highest BCUT2D eigenvalue weighted by Crippen LogP contribution is 2.26. The molecule has 0 N–H and O–H groups in total. The monoisotopic (exact) mass is 266 g/mol. The maximum Gasteiger partial charge on any atom is 0.306 e. The van der Waals surface area contributed by atoms with E-state index in [9.17, 15) is 14.9 Å². The molecule has 0 aliphatic rings. The lowest BCUT2D eigenvalue weighted by molar-refractivity contribution is -0.385. The van der Waals surface area contributed by atoms with Crippen molar-refractivity contribution < 1.29 is 14.5 Å². The molecule has 18 heavy (non-hydrogen) atoms. The van der Waals surface area contributed by atoms with E-state index in [0.717, 1.165) is 0 Å². The quantitative estimate of drug-likeness (QED) is 0.351. The third-order valence-electron chi connectivity index (χ3n) is 2.09. The molecule has 0 amide bonds. The Morgan fingerprint density at radius 2 is 2.33 bits per heavy atom. The lowest BCUT2D eigenvalue weighted by Crippen LogP contribution is -2.01. The molecule has 0 aliphatic heterocycles. The largest absolute Gasteiger partial charge is 0.469 e. The van der Waals surface area contributed by atoms with Gasteiger partial charge in [0.05, 0.1) is 18.5 Å². The van der Waals surface area contributed by atoms with Gasteiger partial charge in [0.2, 0.25) is 0 Å². The van der Waals surface area contributed by atoms with Crippen LogP contribution >= 0.6 is 11.8 Å². The van der Waals surface area contributed by atoms with Crippen molar-refractivity contribution in [2.45, 2.75) is 11.3 Å². The Labute approximate surface area is 108 Å². The number of ether oxygens (including phenoxy) is 1. The molecule has 0 bridgehead atoms. The molecule has 0 saturated carbocycles. The van der Waals surface area contributed by atoms with E-state index < -0.39 is 4.92 Å². The minimum atomic E-state index is -0.594. The van der Waals surface area contributed by atoms with Gasteiger partial charge in [-0.3, -0.25) is 14.9 Å². The smallest absolute Gasteiger partial charge is 0.306 e. The molecule has 1 rings (SSSR count). The maximum absolute atomic E-state index is 10.9. The molecule has 0 atom stereocenters. The molecule has 0 radical (unpaired) electrons. The van der Waals surface area contributed by atoms with E-state index in [2.05, 4.69) is 4.74 Å². The van der Waals surface area contributed by atoms with Crippen LogP contribution in [0.5, 0.6) is 0 Å². The van der Waals surface area contributed by atoms with E-state index in [-0.39, 0.29) is 23.6 Å². The van der Waals surface area contributed by atoms with Crippen molar-refractivity contribution in [2.75, 3.05) is 12.9 Å². The molecular weight excluding hydrogens is 256 g/mol. The average Bonchev–Trinajstić information content (AvgIpc) is 2.38. The van der Waals surface area contributed by atoms with Crippen molar-refractivity contribution in [3.63, 3.8) is 0 Å². The van der Waals surface area contributed by atoms with Crippen LogP contribution in [0.25, 0.3) is 0 Å². The van der Waals surface area contributed by atoms with Crippen molar-refractivity contribution in [3.8, 4) is 6.07 Å². The van der Waals surface area contributed by atoms with Gasteiger partial charge in [0, 0.05) is 16.7 Å². The second-order valence-corrected chi connectivity index (χ2v) is 4.39. The van der Waals surface area contributed by atoms with Crippen molar-refractivity contribution in [1.82, 2.24) is 0 Å². The predicted molar refractivity (Wildman–Crippen MR) is 65.2 cm³/mol. The Kier molecular flexibility index (Phi) is 5.14. The van der Waals surface area contributed by atoms with Crippen LogP contribution in [-0.4, -0.2) is 23.8 Å². The number of thioether (sulfide) groups is 1. The number of hydrogen-bond donors (Lipinski definition) is 0. The Morgan fingerprint density at radius 3 is 2.89 bits per heavy atom. The van der Waals surface area contributed by atoms with Gasteiger partial charge in [0.1, 0.15) is 11.6 Å². The second-order valence-electron chi connectivity index (χ2n) is 3.22. The summed E-state index contributed by atoms with van der Waals surface area (Å²) in [5.41, 5.74) is -0.196. The van der Waals surface area contributed by atoms with Crippen molar-refractivity contribution >= 4 is 23.4 Å². The van der Waals surface area contributed by atoms with E-state index in [1.165, 1.54) is 31.0 Å². The molecule has 0 fully saturated rings. The summed E-state index contributed by atoms with van der Waals surface area (Å²) in [5, 5.41) is 19.4. The first kappa shape index (κ1) is 14.0. The number of benzene rings is 1. The van der Waals surface area contributed by atoms with Crippen LogP contribution < -0.4 is 0 Å². The second kappa shape index (κ2) is 6.61. The third-order valence-corrected chi connectivity index (χ3v) is 3.08. The Bertz CT molecular complexity index is 510. The van der Waals surface area contributed by atoms with Gasteiger partial charge in [-0.05, 0) is 12.1 Å². The summed E-state index contributed by atoms with van der Waals surface area (Å²) in [7, 11) is 1.31. The van der Waals surface area contributed by atoms with Crippen LogP contribution in [0.15, 0.2) is 23.1 Å². The van der Waals surface area contributed by atoms with Gasteiger partial charge in [-0.2, -0.15) is 5.26 Å². The van der Waals surface area contributed by atoms with Crippen LogP contribution in [-0.2, 0) is 9.53 Å². The minimum absolute atomic E-state index is 0.0253. The third kappa shape index (κ3) is 3.75. The number of nitro groups is 1. The summed E-state index contributed by atoms with van der Waals surface area (Å²) in [6.07, 6.45) is 0.231. The molecule has 0 unspecified atom stereocenters.